The number of carbonyl (C=O) groups is 2. The van der Waals surface area contributed by atoms with Crippen molar-refractivity contribution in [3.8, 4) is 11.5 Å². The van der Waals surface area contributed by atoms with Gasteiger partial charge < -0.3 is 19.9 Å². The number of alkyl halides is 3. The Morgan fingerprint density at radius 1 is 1.06 bits per heavy atom. The van der Waals surface area contributed by atoms with E-state index in [1.165, 1.54) is 14.2 Å². The summed E-state index contributed by atoms with van der Waals surface area (Å²) in [7, 11) is 2.52. The predicted molar refractivity (Wildman–Crippen MR) is 116 cm³/mol. The van der Waals surface area contributed by atoms with E-state index in [0.717, 1.165) is 16.7 Å². The molecule has 0 aliphatic rings. The monoisotopic (exact) mass is 478 g/mol. The number of pyridine rings is 1. The summed E-state index contributed by atoms with van der Waals surface area (Å²) in [4.78, 5) is 36.9. The highest BCUT2D eigenvalue weighted by molar-refractivity contribution is 5.89. The van der Waals surface area contributed by atoms with Gasteiger partial charge in [-0.05, 0) is 11.6 Å². The fraction of sp³-hybridized carbons (Fsp3) is 0.261. The number of nitrogens with zero attached hydrogens (tertiary/aromatic N) is 1. The highest BCUT2D eigenvalue weighted by Crippen LogP contribution is 2.38. The van der Waals surface area contributed by atoms with Gasteiger partial charge in [-0.25, -0.2) is 4.79 Å². The topological polar surface area (TPSA) is 107 Å². The van der Waals surface area contributed by atoms with Gasteiger partial charge in [0.2, 0.25) is 5.91 Å². The molecule has 0 fully saturated rings. The molecule has 1 aromatic heterocycles. The number of methoxy groups -OCH3 is 2. The van der Waals surface area contributed by atoms with Crippen LogP contribution in [0.5, 0.6) is 11.5 Å². The molecule has 1 amide bonds. The van der Waals surface area contributed by atoms with Crippen molar-refractivity contribution in [2.24, 2.45) is 0 Å². The summed E-state index contributed by atoms with van der Waals surface area (Å²) < 4.78 is 51.9. The number of hydrogen-bond acceptors (Lipinski definition) is 5. The minimum atomic E-state index is -4.84. The highest BCUT2D eigenvalue weighted by Gasteiger charge is 2.35. The van der Waals surface area contributed by atoms with Gasteiger partial charge in [0.15, 0.2) is 11.5 Å². The van der Waals surface area contributed by atoms with Crippen LogP contribution in [0.3, 0.4) is 0 Å². The van der Waals surface area contributed by atoms with Crippen LogP contribution < -0.4 is 20.3 Å². The van der Waals surface area contributed by atoms with E-state index in [1.54, 1.807) is 30.3 Å². The van der Waals surface area contributed by atoms with Gasteiger partial charge in [-0.15, -0.1) is 0 Å². The Hall–Kier alpha value is -4.02. The summed E-state index contributed by atoms with van der Waals surface area (Å²) >= 11 is 0. The Bertz CT molecular complexity index is 1270. The second-order valence-corrected chi connectivity index (χ2v) is 7.35. The number of carbonyl (C=O) groups excluding carboxylic acids is 1. The van der Waals surface area contributed by atoms with Crippen molar-refractivity contribution in [3.05, 3.63) is 70.0 Å². The fourth-order valence-electron chi connectivity index (χ4n) is 3.54. The molecule has 0 spiro atoms. The number of carboxylic acid groups (broad SMARTS) is 1. The molecule has 0 bridgehead atoms. The molecule has 0 aliphatic heterocycles. The fourth-order valence-corrected chi connectivity index (χ4v) is 3.54. The standard InChI is InChI=1S/C23H21F3N2O6/c1-33-18-9-14-15(23(24,25)26)10-21(30)28(17(14)11-19(18)34-2)12-20(29)27-16(22(31)32)8-13-6-4-3-5-7-13/h3-7,9-11,16H,8,12H2,1-2H3,(H,27,29)(H,31,32). The van der Waals surface area contributed by atoms with E-state index in [1.807, 2.05) is 0 Å². The third-order valence-electron chi connectivity index (χ3n) is 5.14. The normalized spacial score (nSPS) is 12.3. The average molecular weight is 478 g/mol. The number of carboxylic acids is 1. The average Bonchev–Trinajstić information content (AvgIpc) is 2.79. The number of benzene rings is 2. The number of fused-ring (bicyclic) bond motifs is 1. The number of ether oxygens (including phenoxy) is 2. The van der Waals surface area contributed by atoms with Crippen molar-refractivity contribution >= 4 is 22.8 Å². The molecule has 34 heavy (non-hydrogen) atoms. The summed E-state index contributed by atoms with van der Waals surface area (Å²) in [5.74, 6) is -2.10. The van der Waals surface area contributed by atoms with Gasteiger partial charge in [0.25, 0.3) is 5.56 Å². The predicted octanol–water partition coefficient (Wildman–Crippen LogP) is 2.85. The van der Waals surface area contributed by atoms with Gasteiger partial charge in [0.05, 0.1) is 25.3 Å². The first kappa shape index (κ1) is 24.6. The Morgan fingerprint density at radius 2 is 1.68 bits per heavy atom. The first-order valence-electron chi connectivity index (χ1n) is 9.98. The maximum atomic E-state index is 13.6. The largest absolute Gasteiger partial charge is 0.493 e. The van der Waals surface area contributed by atoms with Crippen molar-refractivity contribution < 1.29 is 37.3 Å². The second kappa shape index (κ2) is 9.86. The number of aromatic nitrogens is 1. The number of halogens is 3. The first-order valence-corrected chi connectivity index (χ1v) is 9.98. The van der Waals surface area contributed by atoms with Crippen LogP contribution in [-0.2, 0) is 28.7 Å². The summed E-state index contributed by atoms with van der Waals surface area (Å²) in [5.41, 5.74) is -1.85. The molecule has 0 saturated heterocycles. The van der Waals surface area contributed by atoms with Crippen LogP contribution in [0.2, 0.25) is 0 Å². The van der Waals surface area contributed by atoms with Gasteiger partial charge in [-0.2, -0.15) is 13.2 Å². The third kappa shape index (κ3) is 5.30. The number of nitrogens with one attached hydrogen (secondary N) is 1. The molecule has 180 valence electrons. The van der Waals surface area contributed by atoms with Crippen molar-refractivity contribution in [3.63, 3.8) is 0 Å². The van der Waals surface area contributed by atoms with Crippen LogP contribution in [0.1, 0.15) is 11.1 Å². The number of aliphatic carboxylic acids is 1. The van der Waals surface area contributed by atoms with E-state index in [9.17, 15) is 32.7 Å². The maximum absolute atomic E-state index is 13.6. The minimum Gasteiger partial charge on any atom is -0.493 e. The third-order valence-corrected chi connectivity index (χ3v) is 5.14. The number of amides is 1. The highest BCUT2D eigenvalue weighted by atomic mass is 19.4. The SMILES string of the molecule is COc1cc2c(C(F)(F)F)cc(=O)n(CC(=O)NC(Cc3ccccc3)C(=O)O)c2cc1OC. The number of rotatable bonds is 8. The van der Waals surface area contributed by atoms with E-state index in [-0.39, 0.29) is 28.8 Å². The molecule has 8 nitrogen and oxygen atoms in total. The molecule has 3 rings (SSSR count). The summed E-state index contributed by atoms with van der Waals surface area (Å²) in [6.45, 7) is -0.707. The summed E-state index contributed by atoms with van der Waals surface area (Å²) in [5, 5.41) is 11.4. The molecular formula is C23H21F3N2O6. The van der Waals surface area contributed by atoms with E-state index in [4.69, 9.17) is 9.47 Å². The maximum Gasteiger partial charge on any atom is 0.417 e. The molecule has 0 saturated carbocycles. The Kier molecular flexibility index (Phi) is 7.14. The first-order chi connectivity index (χ1) is 16.0. The zero-order chi connectivity index (χ0) is 25.0. The molecule has 2 N–H and O–H groups in total. The molecule has 1 unspecified atom stereocenters. The number of hydrogen-bond donors (Lipinski definition) is 2. The molecular weight excluding hydrogens is 457 g/mol. The van der Waals surface area contributed by atoms with E-state index < -0.39 is 41.8 Å². The van der Waals surface area contributed by atoms with Gasteiger partial charge in [-0.1, -0.05) is 30.3 Å². The molecule has 11 heteroatoms. The molecule has 2 aromatic carbocycles. The van der Waals surface area contributed by atoms with Crippen LogP contribution in [-0.4, -0.2) is 41.8 Å². The van der Waals surface area contributed by atoms with Crippen molar-refractivity contribution in [1.82, 2.24) is 9.88 Å². The van der Waals surface area contributed by atoms with Gasteiger partial charge in [0.1, 0.15) is 12.6 Å². The molecule has 1 atom stereocenters. The lowest BCUT2D eigenvalue weighted by atomic mass is 10.1. The zero-order valence-corrected chi connectivity index (χ0v) is 18.2. The smallest absolute Gasteiger partial charge is 0.417 e. The molecule has 0 radical (unpaired) electrons. The Balaban J connectivity index is 2.01. The lowest BCUT2D eigenvalue weighted by molar-refractivity contribution is -0.142. The zero-order valence-electron chi connectivity index (χ0n) is 18.2. The van der Waals surface area contributed by atoms with Gasteiger partial charge in [0, 0.05) is 23.9 Å². The van der Waals surface area contributed by atoms with Gasteiger partial charge in [-0.3, -0.25) is 14.2 Å². The van der Waals surface area contributed by atoms with E-state index >= 15 is 0 Å². The van der Waals surface area contributed by atoms with Gasteiger partial charge >= 0.3 is 12.1 Å². The van der Waals surface area contributed by atoms with Crippen LogP contribution in [0.4, 0.5) is 13.2 Å². The lowest BCUT2D eigenvalue weighted by Gasteiger charge is -2.19. The lowest BCUT2D eigenvalue weighted by Crippen LogP contribution is -2.44. The Morgan fingerprint density at radius 3 is 2.24 bits per heavy atom. The second-order valence-electron chi connectivity index (χ2n) is 7.35. The van der Waals surface area contributed by atoms with Crippen molar-refractivity contribution in [1.29, 1.82) is 0 Å². The van der Waals surface area contributed by atoms with Crippen LogP contribution >= 0.6 is 0 Å². The van der Waals surface area contributed by atoms with Crippen molar-refractivity contribution in [2.45, 2.75) is 25.2 Å². The van der Waals surface area contributed by atoms with E-state index in [0.29, 0.717) is 11.6 Å². The quantitative estimate of drug-likeness (QED) is 0.516. The molecule has 0 aliphatic carbocycles. The van der Waals surface area contributed by atoms with Crippen molar-refractivity contribution in [2.75, 3.05) is 14.2 Å². The molecule has 3 aromatic rings. The van der Waals surface area contributed by atoms with E-state index in [2.05, 4.69) is 5.32 Å². The minimum absolute atomic E-state index is 0.00366. The summed E-state index contributed by atoms with van der Waals surface area (Å²) in [6.07, 6.45) is -4.86. The van der Waals surface area contributed by atoms with Crippen LogP contribution in [0.15, 0.2) is 53.3 Å². The van der Waals surface area contributed by atoms with Crippen LogP contribution in [0.25, 0.3) is 10.9 Å². The Labute approximate surface area is 191 Å². The van der Waals surface area contributed by atoms with Crippen LogP contribution in [0, 0.1) is 0 Å². The summed E-state index contributed by atoms with van der Waals surface area (Å²) in [6, 6.07) is 9.88. The molecule has 1 heterocycles.